The number of likely N-dealkylation sites (N-methyl/N-ethyl adjacent to an activating group) is 1. The Morgan fingerprint density at radius 1 is 0.951 bits per heavy atom. The Balaban J connectivity index is 1.54. The van der Waals surface area contributed by atoms with Gasteiger partial charge in [0.2, 0.25) is 0 Å². The van der Waals surface area contributed by atoms with E-state index in [2.05, 4.69) is 55.4 Å². The molecule has 0 aromatic heterocycles. The Hall–Kier alpha value is -3.56. The molecule has 8 heteroatoms. The third-order valence-electron chi connectivity index (χ3n) is 7.70. The van der Waals surface area contributed by atoms with Gasteiger partial charge in [0.15, 0.2) is 12.4 Å². The first kappa shape index (κ1) is 30.4. The maximum Gasteiger partial charge on any atom is 0.303 e. The lowest BCUT2D eigenvalue weighted by atomic mass is 9.89. The second-order valence-electron chi connectivity index (χ2n) is 10.7. The summed E-state index contributed by atoms with van der Waals surface area (Å²) in [6.07, 6.45) is -1.87. The van der Waals surface area contributed by atoms with Gasteiger partial charge in [-0.1, -0.05) is 73.7 Å². The predicted molar refractivity (Wildman–Crippen MR) is 157 cm³/mol. The molecule has 1 heterocycles. The summed E-state index contributed by atoms with van der Waals surface area (Å²) < 4.78 is 18.1. The zero-order chi connectivity index (χ0) is 29.5. The molecule has 218 valence electrons. The molecule has 3 aromatic carbocycles. The summed E-state index contributed by atoms with van der Waals surface area (Å²) in [6.45, 7) is 7.82. The molecular weight excluding hydrogens is 520 g/mol. The summed E-state index contributed by atoms with van der Waals surface area (Å²) in [5.41, 5.74) is 4.51. The highest BCUT2D eigenvalue weighted by atomic mass is 16.7. The number of nitrogens with zero attached hydrogens (tertiary/aromatic N) is 1. The average molecular weight is 561 g/mol. The highest BCUT2D eigenvalue weighted by Gasteiger charge is 2.39. The fourth-order valence-corrected chi connectivity index (χ4v) is 5.03. The number of benzene rings is 3. The summed E-state index contributed by atoms with van der Waals surface area (Å²) in [4.78, 5) is 25.8. The summed E-state index contributed by atoms with van der Waals surface area (Å²) in [5.74, 6) is -0.866. The van der Waals surface area contributed by atoms with E-state index < -0.39 is 24.3 Å². The number of aliphatic hydroxyl groups is 1. The Kier molecular flexibility index (Phi) is 10.3. The van der Waals surface area contributed by atoms with Gasteiger partial charge in [0.05, 0.1) is 18.8 Å². The van der Waals surface area contributed by atoms with Crippen LogP contribution in [0.15, 0.2) is 78.9 Å². The number of amides is 1. The normalized spacial score (nSPS) is 22.1. The highest BCUT2D eigenvalue weighted by Crippen LogP contribution is 2.42. The number of rotatable bonds is 10. The molecule has 8 nitrogen and oxygen atoms in total. The van der Waals surface area contributed by atoms with Crippen molar-refractivity contribution in [2.75, 3.05) is 18.9 Å². The number of carbonyl (C=O) groups excluding carboxylic acids is 2. The molecule has 0 saturated carbocycles. The van der Waals surface area contributed by atoms with Gasteiger partial charge < -0.3 is 24.6 Å². The molecule has 1 fully saturated rings. The molecule has 1 aliphatic rings. The lowest BCUT2D eigenvalue weighted by Crippen LogP contribution is -2.44. The van der Waals surface area contributed by atoms with Crippen LogP contribution in [0.4, 0.5) is 5.69 Å². The van der Waals surface area contributed by atoms with Crippen molar-refractivity contribution in [3.8, 4) is 0 Å². The third-order valence-corrected chi connectivity index (χ3v) is 7.70. The number of anilines is 1. The lowest BCUT2D eigenvalue weighted by Gasteiger charge is -2.43. The molecule has 0 spiro atoms. The van der Waals surface area contributed by atoms with Crippen LogP contribution >= 0.6 is 0 Å². The number of carbonyl (C=O) groups is 2. The monoisotopic (exact) mass is 560 g/mol. The number of ether oxygens (including phenoxy) is 3. The Labute approximate surface area is 242 Å². The van der Waals surface area contributed by atoms with Gasteiger partial charge in [-0.25, -0.2) is 0 Å². The molecule has 41 heavy (non-hydrogen) atoms. The van der Waals surface area contributed by atoms with Gasteiger partial charge in [-0.3, -0.25) is 14.5 Å². The SMILES string of the molecule is CC(=O)O[C@@H](C)C(=O)Nc1ccc([C@H]2O[C@@H](CN(C)[C@@H](C)c3ccccc3)[C@@H](C)[C@@H](c3ccc(CO)cc3)O2)cc1. The van der Waals surface area contributed by atoms with Crippen molar-refractivity contribution < 1.29 is 28.9 Å². The van der Waals surface area contributed by atoms with Crippen LogP contribution in [0, 0.1) is 5.92 Å². The van der Waals surface area contributed by atoms with E-state index in [9.17, 15) is 14.7 Å². The van der Waals surface area contributed by atoms with Crippen LogP contribution < -0.4 is 5.32 Å². The number of esters is 1. The highest BCUT2D eigenvalue weighted by molar-refractivity contribution is 5.94. The zero-order valence-corrected chi connectivity index (χ0v) is 24.3. The predicted octanol–water partition coefficient (Wildman–Crippen LogP) is 5.55. The number of hydrogen-bond donors (Lipinski definition) is 2. The largest absolute Gasteiger partial charge is 0.453 e. The average Bonchev–Trinajstić information content (AvgIpc) is 2.98. The molecule has 1 saturated heterocycles. The fourth-order valence-electron chi connectivity index (χ4n) is 5.03. The maximum absolute atomic E-state index is 12.4. The van der Waals surface area contributed by atoms with Crippen molar-refractivity contribution >= 4 is 17.6 Å². The first-order valence-electron chi connectivity index (χ1n) is 14.0. The van der Waals surface area contributed by atoms with Gasteiger partial charge in [-0.05, 0) is 49.7 Å². The van der Waals surface area contributed by atoms with Gasteiger partial charge in [-0.2, -0.15) is 0 Å². The van der Waals surface area contributed by atoms with Crippen LogP contribution in [0.1, 0.15) is 68.4 Å². The Bertz CT molecular complexity index is 1280. The third kappa shape index (κ3) is 7.80. The van der Waals surface area contributed by atoms with Gasteiger partial charge >= 0.3 is 5.97 Å². The van der Waals surface area contributed by atoms with Gasteiger partial charge in [0, 0.05) is 36.7 Å². The Morgan fingerprint density at radius 2 is 1.59 bits per heavy atom. The van der Waals surface area contributed by atoms with Gasteiger partial charge in [0.25, 0.3) is 5.91 Å². The minimum absolute atomic E-state index is 0.0135. The van der Waals surface area contributed by atoms with E-state index in [4.69, 9.17) is 14.2 Å². The Morgan fingerprint density at radius 3 is 2.20 bits per heavy atom. The van der Waals surface area contributed by atoms with E-state index >= 15 is 0 Å². The van der Waals surface area contributed by atoms with E-state index in [0.717, 1.165) is 16.7 Å². The molecule has 1 amide bonds. The van der Waals surface area contributed by atoms with Crippen molar-refractivity contribution in [3.63, 3.8) is 0 Å². The van der Waals surface area contributed by atoms with Crippen LogP contribution in [0.5, 0.6) is 0 Å². The van der Waals surface area contributed by atoms with Crippen molar-refractivity contribution in [2.24, 2.45) is 5.92 Å². The fraction of sp³-hybridized carbons (Fsp3) is 0.394. The molecule has 0 unspecified atom stereocenters. The minimum Gasteiger partial charge on any atom is -0.453 e. The van der Waals surface area contributed by atoms with Crippen molar-refractivity contribution in [2.45, 2.75) is 64.9 Å². The second kappa shape index (κ2) is 13.9. The lowest BCUT2D eigenvalue weighted by molar-refractivity contribution is -0.276. The molecule has 1 aliphatic heterocycles. The van der Waals surface area contributed by atoms with Gasteiger partial charge in [-0.15, -0.1) is 0 Å². The summed E-state index contributed by atoms with van der Waals surface area (Å²) in [5, 5.41) is 12.3. The van der Waals surface area contributed by atoms with Gasteiger partial charge in [0.1, 0.15) is 0 Å². The number of aliphatic hydroxyl groups excluding tert-OH is 1. The number of hydrogen-bond acceptors (Lipinski definition) is 7. The van der Waals surface area contributed by atoms with Crippen LogP contribution in [-0.4, -0.2) is 47.7 Å². The molecule has 0 bridgehead atoms. The van der Waals surface area contributed by atoms with Crippen molar-refractivity contribution in [1.82, 2.24) is 4.90 Å². The zero-order valence-electron chi connectivity index (χ0n) is 24.3. The summed E-state index contributed by atoms with van der Waals surface area (Å²) >= 11 is 0. The molecule has 0 aliphatic carbocycles. The van der Waals surface area contributed by atoms with Crippen molar-refractivity contribution in [3.05, 3.63) is 101 Å². The first-order valence-corrected chi connectivity index (χ1v) is 14.0. The van der Waals surface area contributed by atoms with Crippen molar-refractivity contribution in [1.29, 1.82) is 0 Å². The number of nitrogens with one attached hydrogen (secondary N) is 1. The molecule has 0 radical (unpaired) electrons. The second-order valence-corrected chi connectivity index (χ2v) is 10.7. The smallest absolute Gasteiger partial charge is 0.303 e. The van der Waals surface area contributed by atoms with E-state index in [-0.39, 0.29) is 30.8 Å². The van der Waals surface area contributed by atoms with Crippen LogP contribution in [0.2, 0.25) is 0 Å². The molecule has 4 rings (SSSR count). The van der Waals surface area contributed by atoms with E-state index in [1.165, 1.54) is 19.4 Å². The quantitative estimate of drug-likeness (QED) is 0.314. The van der Waals surface area contributed by atoms with E-state index in [0.29, 0.717) is 12.2 Å². The molecule has 6 atom stereocenters. The minimum atomic E-state index is -0.896. The standard InChI is InChI=1S/C33H40N2O6/c1-21-30(19-35(5)22(2)26-9-7-6-8-10-26)40-33(41-31(21)27-13-11-25(20-36)12-14-27)28-15-17-29(18-16-28)34-32(38)23(3)39-24(4)37/h6-18,21-23,30-31,33,36H,19-20H2,1-5H3,(H,34,38)/t21-,22+,23+,30+,31+,33+/m1/s1. The summed E-state index contributed by atoms with van der Waals surface area (Å²) in [7, 11) is 2.11. The first-order chi connectivity index (χ1) is 19.7. The maximum atomic E-state index is 12.4. The van der Waals surface area contributed by atoms with Crippen LogP contribution in [0.3, 0.4) is 0 Å². The molecular formula is C33H40N2O6. The van der Waals surface area contributed by atoms with Crippen LogP contribution in [-0.2, 0) is 30.4 Å². The topological polar surface area (TPSA) is 97.3 Å². The van der Waals surface area contributed by atoms with E-state index in [1.54, 1.807) is 12.1 Å². The van der Waals surface area contributed by atoms with Crippen LogP contribution in [0.25, 0.3) is 0 Å². The molecule has 3 aromatic rings. The summed E-state index contributed by atoms with van der Waals surface area (Å²) in [6, 6.07) is 25.7. The molecule has 2 N–H and O–H groups in total. The van der Waals surface area contributed by atoms with E-state index in [1.807, 2.05) is 42.5 Å².